The fraction of sp³-hybridized carbons (Fsp3) is 0.600. The molecule has 7 heteroatoms. The standard InChI is InChI=1S/C5H10N3O2S.Dy/c6-4(9)1-3(2-8-11)5(7)10;/h3,8H,1-2H2,(H2,6,9)(H2,7,10);/q-1;. The molecule has 0 aromatic heterocycles. The third-order valence-electron chi connectivity index (χ3n) is 1.18. The van der Waals surface area contributed by atoms with Gasteiger partial charge in [-0.15, -0.1) is 0 Å². The van der Waals surface area contributed by atoms with Crippen molar-refractivity contribution in [1.29, 1.82) is 0 Å². The Kier molecular flexibility index (Phi) is 10.2. The number of hydrogen-bond donors (Lipinski definition) is 3. The summed E-state index contributed by atoms with van der Waals surface area (Å²) in [5.74, 6) is -1.72. The van der Waals surface area contributed by atoms with E-state index >= 15 is 0 Å². The molecule has 0 bridgehead atoms. The Morgan fingerprint density at radius 3 is 2.17 bits per heavy atom. The van der Waals surface area contributed by atoms with Crippen LogP contribution in [0.25, 0.3) is 0 Å². The molecule has 0 heterocycles. The molecule has 0 spiro atoms. The summed E-state index contributed by atoms with van der Waals surface area (Å²) in [6, 6.07) is 0. The molecule has 0 rings (SSSR count). The third-order valence-corrected chi connectivity index (χ3v) is 1.35. The van der Waals surface area contributed by atoms with Crippen LogP contribution in [0.2, 0.25) is 0 Å². The average Bonchev–Trinajstić information content (AvgIpc) is 1.86. The first-order valence-electron chi connectivity index (χ1n) is 3.00. The molecule has 2 amide bonds. The number of amides is 2. The van der Waals surface area contributed by atoms with Crippen LogP contribution in [0.3, 0.4) is 0 Å². The molecular weight excluding hydrogens is 329 g/mol. The van der Waals surface area contributed by atoms with Gasteiger partial charge in [-0.05, 0) is 6.54 Å². The molecule has 0 aliphatic rings. The topological polar surface area (TPSA) is 98.2 Å². The Labute approximate surface area is 107 Å². The van der Waals surface area contributed by atoms with Crippen LogP contribution >= 0.6 is 0 Å². The van der Waals surface area contributed by atoms with Crippen molar-refractivity contribution in [3.05, 3.63) is 0 Å². The maximum Gasteiger partial charge on any atom is 0.222 e. The van der Waals surface area contributed by atoms with E-state index in [0.29, 0.717) is 0 Å². The predicted octanol–water partition coefficient (Wildman–Crippen LogP) is -1.99. The SMILES string of the molecule is NC(=O)CC(CN[S-])C(N)=O.[Dy]. The molecule has 0 aliphatic carbocycles. The van der Waals surface area contributed by atoms with E-state index in [0.717, 1.165) is 0 Å². The van der Waals surface area contributed by atoms with Gasteiger partial charge in [0.1, 0.15) is 0 Å². The Morgan fingerprint density at radius 2 is 1.92 bits per heavy atom. The molecule has 0 aliphatic heterocycles. The normalized spacial score (nSPS) is 11.4. The number of carbonyl (C=O) groups excluding carboxylic acids is 2. The van der Waals surface area contributed by atoms with E-state index in [-0.39, 0.29) is 51.1 Å². The molecule has 12 heavy (non-hydrogen) atoms. The smallest absolute Gasteiger partial charge is 0.222 e. The number of rotatable bonds is 5. The summed E-state index contributed by atoms with van der Waals surface area (Å²) >= 11 is 4.39. The zero-order chi connectivity index (χ0) is 8.85. The summed E-state index contributed by atoms with van der Waals surface area (Å²) in [5, 5.41) is 0. The van der Waals surface area contributed by atoms with E-state index in [1.807, 2.05) is 0 Å². The van der Waals surface area contributed by atoms with Gasteiger partial charge in [-0.1, -0.05) is 0 Å². The fourth-order valence-corrected chi connectivity index (χ4v) is 0.818. The number of nitrogens with two attached hydrogens (primary N) is 2. The van der Waals surface area contributed by atoms with Crippen molar-refractivity contribution in [3.63, 3.8) is 0 Å². The maximum atomic E-state index is 10.6. The summed E-state index contributed by atoms with van der Waals surface area (Å²) in [6.45, 7) is 0.202. The average molecular weight is 339 g/mol. The minimum absolute atomic E-state index is 0. The minimum Gasteiger partial charge on any atom is -0.705 e. The monoisotopic (exact) mass is 340 g/mol. The fourth-order valence-electron chi connectivity index (χ4n) is 0.617. The van der Waals surface area contributed by atoms with E-state index in [1.54, 1.807) is 0 Å². The van der Waals surface area contributed by atoms with Crippen molar-refractivity contribution in [2.75, 3.05) is 6.54 Å². The number of hydrogen-bond acceptors (Lipinski definition) is 4. The van der Waals surface area contributed by atoms with Gasteiger partial charge in [0.25, 0.3) is 0 Å². The van der Waals surface area contributed by atoms with Crippen molar-refractivity contribution < 1.29 is 47.8 Å². The molecule has 0 fully saturated rings. The molecule has 0 aromatic carbocycles. The maximum absolute atomic E-state index is 10.6. The molecule has 5 N–H and O–H groups in total. The Hall–Kier alpha value is 0.523. The van der Waals surface area contributed by atoms with Crippen LogP contribution in [-0.4, -0.2) is 18.4 Å². The zero-order valence-electron chi connectivity index (χ0n) is 6.19. The van der Waals surface area contributed by atoms with E-state index in [1.165, 1.54) is 0 Å². The first kappa shape index (κ1) is 15.0. The van der Waals surface area contributed by atoms with Crippen LogP contribution < -0.4 is 16.2 Å². The van der Waals surface area contributed by atoms with Gasteiger partial charge >= 0.3 is 0 Å². The molecule has 1 atom stereocenters. The van der Waals surface area contributed by atoms with Gasteiger partial charge in [-0.2, -0.15) is 0 Å². The second kappa shape index (κ2) is 8.14. The third kappa shape index (κ3) is 7.19. The van der Waals surface area contributed by atoms with Crippen LogP contribution in [0, 0.1) is 44.1 Å². The van der Waals surface area contributed by atoms with Crippen molar-refractivity contribution in [2.24, 2.45) is 17.4 Å². The summed E-state index contributed by atoms with van der Waals surface area (Å²) < 4.78 is 2.33. The van der Waals surface area contributed by atoms with Gasteiger partial charge in [0.05, 0.1) is 5.92 Å². The van der Waals surface area contributed by atoms with Gasteiger partial charge in [-0.25, -0.2) is 0 Å². The quantitative estimate of drug-likeness (QED) is 0.506. The predicted molar refractivity (Wildman–Crippen MR) is 41.9 cm³/mol. The van der Waals surface area contributed by atoms with Crippen molar-refractivity contribution in [3.8, 4) is 0 Å². The molecule has 5 nitrogen and oxygen atoms in total. The largest absolute Gasteiger partial charge is 0.705 e. The second-order valence-corrected chi connectivity index (χ2v) is 2.41. The van der Waals surface area contributed by atoms with Gasteiger partial charge < -0.3 is 29.0 Å². The van der Waals surface area contributed by atoms with Gasteiger partial charge in [0.15, 0.2) is 0 Å². The van der Waals surface area contributed by atoms with Gasteiger partial charge in [0.2, 0.25) is 11.8 Å². The van der Waals surface area contributed by atoms with Crippen LogP contribution in [0.1, 0.15) is 6.42 Å². The Morgan fingerprint density at radius 1 is 1.42 bits per heavy atom. The molecule has 0 saturated heterocycles. The van der Waals surface area contributed by atoms with Crippen LogP contribution in [0.15, 0.2) is 0 Å². The van der Waals surface area contributed by atoms with Crippen molar-refractivity contribution in [1.82, 2.24) is 4.72 Å². The van der Waals surface area contributed by atoms with E-state index in [2.05, 4.69) is 17.5 Å². The van der Waals surface area contributed by atoms with E-state index in [4.69, 9.17) is 11.5 Å². The Bertz CT molecular complexity index is 167. The van der Waals surface area contributed by atoms with E-state index < -0.39 is 17.7 Å². The first-order chi connectivity index (χ1) is 5.07. The van der Waals surface area contributed by atoms with Crippen LogP contribution in [0.4, 0.5) is 0 Å². The van der Waals surface area contributed by atoms with E-state index in [9.17, 15) is 9.59 Å². The van der Waals surface area contributed by atoms with Crippen LogP contribution in [0.5, 0.6) is 0 Å². The summed E-state index contributed by atoms with van der Waals surface area (Å²) in [7, 11) is 0. The molecule has 0 radical (unpaired) electrons. The summed E-state index contributed by atoms with van der Waals surface area (Å²) in [4.78, 5) is 20.9. The zero-order valence-corrected chi connectivity index (χ0v) is 9.03. The molecule has 0 saturated carbocycles. The molecule has 0 aromatic rings. The van der Waals surface area contributed by atoms with Gasteiger partial charge in [-0.3, -0.25) is 9.59 Å². The second-order valence-electron chi connectivity index (χ2n) is 2.12. The number of carbonyl (C=O) groups is 2. The first-order valence-corrected chi connectivity index (χ1v) is 3.41. The number of nitrogens with one attached hydrogen (secondary N) is 1. The van der Waals surface area contributed by atoms with Gasteiger partial charge in [0, 0.05) is 44.6 Å². The van der Waals surface area contributed by atoms with Crippen molar-refractivity contribution in [2.45, 2.75) is 6.42 Å². The number of primary amides is 2. The van der Waals surface area contributed by atoms with Crippen LogP contribution in [-0.2, 0) is 22.4 Å². The molecular formula is C5H10DyN3O2S-. The molecule has 74 valence electrons. The summed E-state index contributed by atoms with van der Waals surface area (Å²) in [6.07, 6.45) is -0.0566. The Balaban J connectivity index is 0. The summed E-state index contributed by atoms with van der Waals surface area (Å²) in [5.41, 5.74) is 9.79. The minimum atomic E-state index is -0.593. The van der Waals surface area contributed by atoms with Crippen molar-refractivity contribution >= 4 is 24.6 Å². The molecule has 1 unspecified atom stereocenters.